The number of benzene rings is 1. The number of carboxylic acid groups (broad SMARTS) is 1. The number of carbonyl (C=O) groups is 3. The van der Waals surface area contributed by atoms with Crippen molar-refractivity contribution < 1.29 is 19.5 Å². The summed E-state index contributed by atoms with van der Waals surface area (Å²) in [7, 11) is 0. The van der Waals surface area contributed by atoms with Crippen molar-refractivity contribution in [2.45, 2.75) is 6.42 Å². The lowest BCUT2D eigenvalue weighted by Gasteiger charge is -2.12. The predicted molar refractivity (Wildman–Crippen MR) is 91.2 cm³/mol. The van der Waals surface area contributed by atoms with Crippen molar-refractivity contribution in [2.24, 2.45) is 0 Å². The molecule has 2 aliphatic heterocycles. The molecule has 0 radical (unpaired) electrons. The summed E-state index contributed by atoms with van der Waals surface area (Å²) in [6.07, 6.45) is -0.219. The molecule has 1 aromatic carbocycles. The van der Waals surface area contributed by atoms with Gasteiger partial charge in [0, 0.05) is 12.1 Å². The highest BCUT2D eigenvalue weighted by Gasteiger charge is 2.39. The van der Waals surface area contributed by atoms with E-state index in [0.717, 1.165) is 11.8 Å². The van der Waals surface area contributed by atoms with Crippen LogP contribution in [0, 0.1) is 0 Å². The van der Waals surface area contributed by atoms with E-state index in [9.17, 15) is 14.4 Å². The summed E-state index contributed by atoms with van der Waals surface area (Å²) in [5, 5.41) is 11.8. The molecule has 9 heteroatoms. The van der Waals surface area contributed by atoms with E-state index in [-0.39, 0.29) is 27.8 Å². The number of aliphatic carboxylic acids is 1. The number of amides is 2. The molecule has 3 rings (SSSR count). The van der Waals surface area contributed by atoms with E-state index in [4.69, 9.17) is 28.9 Å². The molecule has 0 bridgehead atoms. The Morgan fingerprint density at radius 3 is 2.83 bits per heavy atom. The number of nitrogens with zero attached hydrogens (tertiary/aromatic N) is 1. The van der Waals surface area contributed by atoms with Crippen molar-refractivity contribution in [3.05, 3.63) is 33.7 Å². The third kappa shape index (κ3) is 2.73. The minimum atomic E-state index is -1.03. The molecular weight excluding hydrogens is 360 g/mol. The van der Waals surface area contributed by atoms with Gasteiger partial charge < -0.3 is 10.4 Å². The number of thioether (sulfide) groups is 1. The molecule has 118 valence electrons. The molecule has 1 aromatic rings. The lowest BCUT2D eigenvalue weighted by atomic mass is 10.1. The van der Waals surface area contributed by atoms with Gasteiger partial charge in [-0.05, 0) is 6.07 Å². The topological polar surface area (TPSA) is 86.7 Å². The van der Waals surface area contributed by atoms with Crippen molar-refractivity contribution >= 4 is 68.9 Å². The van der Waals surface area contributed by atoms with Crippen molar-refractivity contribution in [1.29, 1.82) is 0 Å². The molecule has 0 spiro atoms. The van der Waals surface area contributed by atoms with Crippen molar-refractivity contribution in [2.75, 3.05) is 11.9 Å². The number of carbonyl (C=O) groups excluding carboxylic acids is 2. The molecule has 0 saturated carbocycles. The van der Waals surface area contributed by atoms with Gasteiger partial charge in [0.25, 0.3) is 11.8 Å². The Kier molecular flexibility index (Phi) is 4.13. The maximum absolute atomic E-state index is 12.5. The summed E-state index contributed by atoms with van der Waals surface area (Å²) in [6.45, 7) is -0.0270. The fraction of sp³-hybridized carbons (Fsp3) is 0.143. The number of para-hydroxylation sites is 1. The number of carboxylic acids is 1. The second-order valence-corrected chi connectivity index (χ2v) is 6.84. The van der Waals surface area contributed by atoms with Crippen LogP contribution in [0.2, 0.25) is 5.02 Å². The van der Waals surface area contributed by atoms with Gasteiger partial charge in [0.1, 0.15) is 4.32 Å². The van der Waals surface area contributed by atoms with Crippen molar-refractivity contribution in [3.63, 3.8) is 0 Å². The monoisotopic (exact) mass is 368 g/mol. The molecule has 6 nitrogen and oxygen atoms in total. The standard InChI is InChI=1S/C14H9ClN2O4S2/c15-7-3-1-2-6-9(12(20)16-10(6)7)11-13(21)17(14(22)23-11)5-4-8(18)19/h1-3H,4-5H2,(H,16,20)(H,18,19). The molecule has 23 heavy (non-hydrogen) atoms. The molecule has 0 atom stereocenters. The molecule has 2 heterocycles. The van der Waals surface area contributed by atoms with E-state index in [1.165, 1.54) is 4.90 Å². The van der Waals surface area contributed by atoms with Crippen LogP contribution in [0.1, 0.15) is 12.0 Å². The van der Waals surface area contributed by atoms with E-state index in [1.54, 1.807) is 18.2 Å². The Hall–Kier alpha value is -1.90. The fourth-order valence-electron chi connectivity index (χ4n) is 2.33. The van der Waals surface area contributed by atoms with Crippen LogP contribution in [0.5, 0.6) is 0 Å². The zero-order chi connectivity index (χ0) is 16.7. The average molecular weight is 369 g/mol. The Labute approximate surface area is 145 Å². The summed E-state index contributed by atoms with van der Waals surface area (Å²) in [4.78, 5) is 36.8. The third-order valence-electron chi connectivity index (χ3n) is 3.37. The van der Waals surface area contributed by atoms with Gasteiger partial charge in [-0.2, -0.15) is 0 Å². The Balaban J connectivity index is 2.02. The van der Waals surface area contributed by atoms with E-state index >= 15 is 0 Å². The van der Waals surface area contributed by atoms with E-state index in [1.807, 2.05) is 0 Å². The van der Waals surface area contributed by atoms with E-state index < -0.39 is 17.8 Å². The van der Waals surface area contributed by atoms with Crippen LogP contribution in [-0.2, 0) is 14.4 Å². The molecule has 2 amide bonds. The molecule has 2 aliphatic rings. The number of thiocarbonyl (C=S) groups is 1. The number of fused-ring (bicyclic) bond motifs is 1. The van der Waals surface area contributed by atoms with Crippen LogP contribution in [0.15, 0.2) is 23.1 Å². The maximum atomic E-state index is 12.5. The van der Waals surface area contributed by atoms with Gasteiger partial charge in [0.2, 0.25) is 0 Å². The van der Waals surface area contributed by atoms with Gasteiger partial charge in [-0.1, -0.05) is 47.7 Å². The van der Waals surface area contributed by atoms with Crippen LogP contribution >= 0.6 is 35.6 Å². The maximum Gasteiger partial charge on any atom is 0.305 e. The SMILES string of the molecule is O=C(O)CCN1C(=O)C(=C2C(=O)Nc3c(Cl)cccc32)SC1=S. The number of halogens is 1. The predicted octanol–water partition coefficient (Wildman–Crippen LogP) is 2.34. The minimum absolute atomic E-state index is 0.0270. The van der Waals surface area contributed by atoms with Gasteiger partial charge in [0.05, 0.1) is 27.6 Å². The Bertz CT molecular complexity index is 806. The van der Waals surface area contributed by atoms with Crippen LogP contribution in [0.4, 0.5) is 5.69 Å². The van der Waals surface area contributed by atoms with Gasteiger partial charge in [-0.15, -0.1) is 0 Å². The first kappa shape index (κ1) is 16.0. The highest BCUT2D eigenvalue weighted by Crippen LogP contribution is 2.44. The van der Waals surface area contributed by atoms with Gasteiger partial charge in [-0.3, -0.25) is 19.3 Å². The van der Waals surface area contributed by atoms with Crippen molar-refractivity contribution in [3.8, 4) is 0 Å². The fourth-order valence-corrected chi connectivity index (χ4v) is 3.94. The number of hydrogen-bond acceptors (Lipinski definition) is 5. The zero-order valence-electron chi connectivity index (χ0n) is 11.5. The van der Waals surface area contributed by atoms with Crippen LogP contribution < -0.4 is 5.32 Å². The van der Waals surface area contributed by atoms with E-state index in [2.05, 4.69) is 5.32 Å². The van der Waals surface area contributed by atoms with Gasteiger partial charge >= 0.3 is 5.97 Å². The van der Waals surface area contributed by atoms with Gasteiger partial charge in [0.15, 0.2) is 0 Å². The Morgan fingerprint density at radius 2 is 2.13 bits per heavy atom. The largest absolute Gasteiger partial charge is 0.481 e. The molecule has 0 aliphatic carbocycles. The van der Waals surface area contributed by atoms with Crippen LogP contribution in [-0.4, -0.2) is 38.7 Å². The normalized spacial score (nSPS) is 20.0. The summed E-state index contributed by atoms with van der Waals surface area (Å²) < 4.78 is 0.238. The van der Waals surface area contributed by atoms with Crippen LogP contribution in [0.25, 0.3) is 5.57 Å². The molecule has 0 aromatic heterocycles. The number of anilines is 1. The number of rotatable bonds is 3. The molecule has 1 saturated heterocycles. The van der Waals surface area contributed by atoms with Crippen molar-refractivity contribution in [1.82, 2.24) is 4.90 Å². The molecule has 2 N–H and O–H groups in total. The second-order valence-electron chi connectivity index (χ2n) is 4.79. The minimum Gasteiger partial charge on any atom is -0.481 e. The summed E-state index contributed by atoms with van der Waals surface area (Å²) >= 11 is 12.2. The molecule has 1 fully saturated rings. The third-order valence-corrected chi connectivity index (χ3v) is 5.14. The lowest BCUT2D eigenvalue weighted by Crippen LogP contribution is -2.30. The number of hydrogen-bond donors (Lipinski definition) is 2. The molecular formula is C14H9ClN2O4S2. The second kappa shape index (κ2) is 5.95. The first-order valence-electron chi connectivity index (χ1n) is 6.50. The summed E-state index contributed by atoms with van der Waals surface area (Å²) in [6, 6.07) is 5.02. The van der Waals surface area contributed by atoms with Gasteiger partial charge in [-0.25, -0.2) is 0 Å². The molecule has 0 unspecified atom stereocenters. The number of nitrogens with one attached hydrogen (secondary N) is 1. The summed E-state index contributed by atoms with van der Waals surface area (Å²) in [5.74, 6) is -1.91. The lowest BCUT2D eigenvalue weighted by molar-refractivity contribution is -0.137. The highest BCUT2D eigenvalue weighted by molar-refractivity contribution is 8.26. The van der Waals surface area contributed by atoms with Crippen LogP contribution in [0.3, 0.4) is 0 Å². The zero-order valence-corrected chi connectivity index (χ0v) is 13.8. The summed E-state index contributed by atoms with van der Waals surface area (Å²) in [5.41, 5.74) is 1.23. The van der Waals surface area contributed by atoms with E-state index in [0.29, 0.717) is 16.3 Å². The highest BCUT2D eigenvalue weighted by atomic mass is 35.5. The first-order chi connectivity index (χ1) is 10.9. The smallest absolute Gasteiger partial charge is 0.305 e. The first-order valence-corrected chi connectivity index (χ1v) is 8.10. The Morgan fingerprint density at radius 1 is 1.39 bits per heavy atom. The quantitative estimate of drug-likeness (QED) is 0.629. The average Bonchev–Trinajstić information content (AvgIpc) is 2.95.